The molecule has 3 heteroatoms. The van der Waals surface area contributed by atoms with Crippen molar-refractivity contribution in [3.8, 4) is 0 Å². The fraction of sp³-hybridized carbons (Fsp3) is 1.00. The van der Waals surface area contributed by atoms with E-state index in [9.17, 15) is 0 Å². The molecule has 0 spiro atoms. The van der Waals surface area contributed by atoms with E-state index in [4.69, 9.17) is 5.73 Å². The number of likely N-dealkylation sites (N-methyl/N-ethyl adjacent to an activating group) is 1. The van der Waals surface area contributed by atoms with Crippen LogP contribution in [0.4, 0.5) is 0 Å². The lowest BCUT2D eigenvalue weighted by Crippen LogP contribution is -2.33. The summed E-state index contributed by atoms with van der Waals surface area (Å²) in [5, 5.41) is 0. The molecule has 0 aliphatic carbocycles. The van der Waals surface area contributed by atoms with Crippen LogP contribution in [0.5, 0.6) is 0 Å². The van der Waals surface area contributed by atoms with E-state index in [1.165, 1.54) is 5.75 Å². The van der Waals surface area contributed by atoms with Crippen LogP contribution in [0.1, 0.15) is 6.42 Å². The molecule has 0 aromatic carbocycles. The highest BCUT2D eigenvalue weighted by Crippen LogP contribution is 1.98. The van der Waals surface area contributed by atoms with E-state index in [1.807, 2.05) is 11.8 Å². The Bertz CT molecular complexity index is 76.0. The molecule has 1 atom stereocenters. The Labute approximate surface area is 68.2 Å². The van der Waals surface area contributed by atoms with Crippen LogP contribution in [0.2, 0.25) is 0 Å². The van der Waals surface area contributed by atoms with Crippen molar-refractivity contribution in [2.45, 2.75) is 12.5 Å². The standard InChI is InChI=1S/C7H18N2S/c1-9(2)6-7(8)4-5-10-3/h7H,4-6,8H2,1-3H3/t7-/m0/s1. The molecule has 62 valence electrons. The molecular formula is C7H18N2S. The molecule has 0 fully saturated rings. The first kappa shape index (κ1) is 10.3. The monoisotopic (exact) mass is 162 g/mol. The van der Waals surface area contributed by atoms with Crippen molar-refractivity contribution in [2.75, 3.05) is 32.6 Å². The van der Waals surface area contributed by atoms with Gasteiger partial charge in [-0.05, 0) is 32.5 Å². The molecule has 10 heavy (non-hydrogen) atoms. The maximum atomic E-state index is 5.81. The second kappa shape index (κ2) is 6.01. The molecule has 0 aliphatic rings. The molecule has 0 amide bonds. The first-order valence-corrected chi connectivity index (χ1v) is 4.95. The zero-order chi connectivity index (χ0) is 7.98. The van der Waals surface area contributed by atoms with Gasteiger partial charge >= 0.3 is 0 Å². The predicted octanol–water partition coefficient (Wildman–Crippen LogP) is 0.628. The zero-order valence-corrected chi connectivity index (χ0v) is 7.95. The molecule has 0 heterocycles. The van der Waals surface area contributed by atoms with E-state index in [0.29, 0.717) is 6.04 Å². The van der Waals surface area contributed by atoms with Crippen LogP contribution in [0.3, 0.4) is 0 Å². The average molecular weight is 162 g/mol. The van der Waals surface area contributed by atoms with Gasteiger partial charge in [0.2, 0.25) is 0 Å². The van der Waals surface area contributed by atoms with Gasteiger partial charge in [0, 0.05) is 12.6 Å². The smallest absolute Gasteiger partial charge is 0.0175 e. The number of nitrogens with two attached hydrogens (primary N) is 1. The second-order valence-electron chi connectivity index (χ2n) is 2.80. The second-order valence-corrected chi connectivity index (χ2v) is 3.79. The lowest BCUT2D eigenvalue weighted by molar-refractivity contribution is 0.369. The van der Waals surface area contributed by atoms with Crippen LogP contribution in [0.25, 0.3) is 0 Å². The Balaban J connectivity index is 3.16. The van der Waals surface area contributed by atoms with Crippen LogP contribution >= 0.6 is 11.8 Å². The molecular weight excluding hydrogens is 144 g/mol. The van der Waals surface area contributed by atoms with Crippen LogP contribution in [-0.2, 0) is 0 Å². The summed E-state index contributed by atoms with van der Waals surface area (Å²) in [6.45, 7) is 1.00. The van der Waals surface area contributed by atoms with Gasteiger partial charge in [-0.3, -0.25) is 0 Å². The highest BCUT2D eigenvalue weighted by atomic mass is 32.2. The number of hydrogen-bond acceptors (Lipinski definition) is 3. The van der Waals surface area contributed by atoms with Gasteiger partial charge in [0.05, 0.1) is 0 Å². The molecule has 2 N–H and O–H groups in total. The minimum Gasteiger partial charge on any atom is -0.327 e. The highest BCUT2D eigenvalue weighted by molar-refractivity contribution is 7.98. The number of rotatable bonds is 5. The summed E-state index contributed by atoms with van der Waals surface area (Å²) in [6.07, 6.45) is 3.24. The fourth-order valence-electron chi connectivity index (χ4n) is 0.830. The minimum absolute atomic E-state index is 0.349. The molecule has 0 aliphatic heterocycles. The summed E-state index contributed by atoms with van der Waals surface area (Å²) >= 11 is 1.86. The molecule has 0 aromatic heterocycles. The first-order chi connectivity index (χ1) is 4.66. The summed E-state index contributed by atoms with van der Waals surface area (Å²) in [6, 6.07) is 0.349. The van der Waals surface area contributed by atoms with Crippen LogP contribution < -0.4 is 5.73 Å². The van der Waals surface area contributed by atoms with Gasteiger partial charge in [-0.2, -0.15) is 11.8 Å². The van der Waals surface area contributed by atoms with E-state index in [-0.39, 0.29) is 0 Å². The van der Waals surface area contributed by atoms with Crippen molar-refractivity contribution >= 4 is 11.8 Å². The van der Waals surface area contributed by atoms with Crippen molar-refractivity contribution in [1.82, 2.24) is 4.90 Å². The third-order valence-electron chi connectivity index (χ3n) is 1.29. The molecule has 0 aromatic rings. The number of nitrogens with zero attached hydrogens (tertiary/aromatic N) is 1. The third kappa shape index (κ3) is 6.39. The molecule has 0 bridgehead atoms. The lowest BCUT2D eigenvalue weighted by Gasteiger charge is -2.15. The van der Waals surface area contributed by atoms with Gasteiger partial charge in [0.15, 0.2) is 0 Å². The zero-order valence-electron chi connectivity index (χ0n) is 7.13. The van der Waals surface area contributed by atoms with E-state index in [0.717, 1.165) is 13.0 Å². The van der Waals surface area contributed by atoms with Crippen LogP contribution in [0.15, 0.2) is 0 Å². The maximum Gasteiger partial charge on any atom is 0.0175 e. The molecule has 2 nitrogen and oxygen atoms in total. The van der Waals surface area contributed by atoms with E-state index >= 15 is 0 Å². The molecule has 0 radical (unpaired) electrons. The van der Waals surface area contributed by atoms with Gasteiger partial charge < -0.3 is 10.6 Å². The van der Waals surface area contributed by atoms with Crippen molar-refractivity contribution < 1.29 is 0 Å². The third-order valence-corrected chi connectivity index (χ3v) is 1.94. The minimum atomic E-state index is 0.349. The molecule has 0 saturated carbocycles. The normalized spacial score (nSPS) is 14.1. The Morgan fingerprint density at radius 3 is 2.50 bits per heavy atom. The first-order valence-electron chi connectivity index (χ1n) is 3.56. The van der Waals surface area contributed by atoms with Crippen LogP contribution in [-0.4, -0.2) is 43.6 Å². The Morgan fingerprint density at radius 2 is 2.10 bits per heavy atom. The Kier molecular flexibility index (Phi) is 6.17. The summed E-state index contributed by atoms with van der Waals surface area (Å²) in [7, 11) is 4.11. The quantitative estimate of drug-likeness (QED) is 0.643. The number of hydrogen-bond donors (Lipinski definition) is 1. The van der Waals surface area contributed by atoms with Crippen molar-refractivity contribution in [1.29, 1.82) is 0 Å². The van der Waals surface area contributed by atoms with Gasteiger partial charge in [0.25, 0.3) is 0 Å². The largest absolute Gasteiger partial charge is 0.327 e. The van der Waals surface area contributed by atoms with Crippen molar-refractivity contribution in [3.63, 3.8) is 0 Å². The van der Waals surface area contributed by atoms with E-state index in [2.05, 4.69) is 25.3 Å². The van der Waals surface area contributed by atoms with Crippen LogP contribution in [0, 0.1) is 0 Å². The summed E-state index contributed by atoms with van der Waals surface area (Å²) in [5.41, 5.74) is 5.81. The van der Waals surface area contributed by atoms with Gasteiger partial charge in [-0.1, -0.05) is 0 Å². The Morgan fingerprint density at radius 1 is 1.50 bits per heavy atom. The van der Waals surface area contributed by atoms with E-state index in [1.54, 1.807) is 0 Å². The van der Waals surface area contributed by atoms with Crippen molar-refractivity contribution in [2.24, 2.45) is 5.73 Å². The summed E-state index contributed by atoms with van der Waals surface area (Å²) < 4.78 is 0. The topological polar surface area (TPSA) is 29.3 Å². The predicted molar refractivity (Wildman–Crippen MR) is 49.5 cm³/mol. The average Bonchev–Trinajstić information content (AvgIpc) is 1.82. The molecule has 0 saturated heterocycles. The SMILES string of the molecule is CSCC[C@H](N)CN(C)C. The molecule has 0 unspecified atom stereocenters. The van der Waals surface area contributed by atoms with Gasteiger partial charge in [-0.15, -0.1) is 0 Å². The fourth-order valence-corrected chi connectivity index (χ4v) is 1.37. The number of thioether (sulfide) groups is 1. The Hall–Kier alpha value is 0.270. The summed E-state index contributed by atoms with van der Waals surface area (Å²) in [4.78, 5) is 2.13. The maximum absolute atomic E-state index is 5.81. The molecule has 0 rings (SSSR count). The van der Waals surface area contributed by atoms with Crippen molar-refractivity contribution in [3.05, 3.63) is 0 Å². The lowest BCUT2D eigenvalue weighted by atomic mass is 10.2. The highest BCUT2D eigenvalue weighted by Gasteiger charge is 2.01. The van der Waals surface area contributed by atoms with E-state index < -0.39 is 0 Å². The summed E-state index contributed by atoms with van der Waals surface area (Å²) in [5.74, 6) is 1.18. The van der Waals surface area contributed by atoms with Gasteiger partial charge in [-0.25, -0.2) is 0 Å². The van der Waals surface area contributed by atoms with Gasteiger partial charge in [0.1, 0.15) is 0 Å².